The third kappa shape index (κ3) is 4.77. The average Bonchev–Trinajstić information content (AvgIpc) is 1.83. The Morgan fingerprint density at radius 2 is 2.25 bits per heavy atom. The van der Waals surface area contributed by atoms with Gasteiger partial charge in [0.25, 0.3) is 0 Å². The number of hydrogen-bond acceptors (Lipinski definition) is 4. The van der Waals surface area contributed by atoms with E-state index in [0.29, 0.717) is 6.42 Å². The largest absolute Gasteiger partial charge is 0.394 e. The Hall–Kier alpha value is 0.620. The molecule has 1 unspecified atom stereocenters. The van der Waals surface area contributed by atoms with Crippen molar-refractivity contribution in [2.45, 2.75) is 12.5 Å². The van der Waals surface area contributed by atoms with Crippen molar-refractivity contribution < 1.29 is 10.2 Å². The van der Waals surface area contributed by atoms with E-state index in [1.165, 1.54) is 10.8 Å². The summed E-state index contributed by atoms with van der Waals surface area (Å²) in [4.78, 5) is 0. The van der Waals surface area contributed by atoms with Crippen LogP contribution in [0.1, 0.15) is 6.42 Å². The molecule has 0 radical (unpaired) electrons. The molecule has 0 saturated heterocycles. The van der Waals surface area contributed by atoms with Crippen molar-refractivity contribution in [2.75, 3.05) is 12.4 Å². The fourth-order valence-corrected chi connectivity index (χ4v) is 0.974. The molecule has 0 aliphatic heterocycles. The molecule has 50 valence electrons. The summed E-state index contributed by atoms with van der Waals surface area (Å²) >= 11 is 3.86. The first-order valence-corrected chi connectivity index (χ1v) is 4.40. The summed E-state index contributed by atoms with van der Waals surface area (Å²) in [5, 5.41) is 17.0. The monoisotopic (exact) mass is 154 g/mol. The molecule has 2 nitrogen and oxygen atoms in total. The lowest BCUT2D eigenvalue weighted by Gasteiger charge is -2.02. The van der Waals surface area contributed by atoms with E-state index in [1.807, 2.05) is 0 Å². The summed E-state index contributed by atoms with van der Waals surface area (Å²) in [5.74, 6) is 0.783. The minimum Gasteiger partial charge on any atom is -0.394 e. The topological polar surface area (TPSA) is 40.5 Å². The van der Waals surface area contributed by atoms with Gasteiger partial charge in [-0.25, -0.2) is 0 Å². The van der Waals surface area contributed by atoms with Crippen LogP contribution in [0.25, 0.3) is 0 Å². The zero-order valence-electron chi connectivity index (χ0n) is 4.45. The molecule has 0 aromatic carbocycles. The van der Waals surface area contributed by atoms with Crippen molar-refractivity contribution in [3.8, 4) is 0 Å². The van der Waals surface area contributed by atoms with Gasteiger partial charge < -0.3 is 10.2 Å². The van der Waals surface area contributed by atoms with Crippen LogP contribution in [0.5, 0.6) is 0 Å². The SMILES string of the molecule is OCC(O)CCSS. The predicted molar refractivity (Wildman–Crippen MR) is 39.2 cm³/mol. The zero-order chi connectivity index (χ0) is 6.41. The summed E-state index contributed by atoms with van der Waals surface area (Å²) in [7, 11) is 1.37. The van der Waals surface area contributed by atoms with Crippen LogP contribution in [0.2, 0.25) is 0 Å². The number of rotatable bonds is 4. The van der Waals surface area contributed by atoms with E-state index in [4.69, 9.17) is 10.2 Å². The Balaban J connectivity index is 2.86. The zero-order valence-corrected chi connectivity index (χ0v) is 6.16. The van der Waals surface area contributed by atoms with Crippen LogP contribution in [0.4, 0.5) is 0 Å². The van der Waals surface area contributed by atoms with Gasteiger partial charge in [-0.15, -0.1) is 11.7 Å². The summed E-state index contributed by atoms with van der Waals surface area (Å²) < 4.78 is 0. The fraction of sp³-hybridized carbons (Fsp3) is 1.00. The number of aliphatic hydroxyl groups excluding tert-OH is 2. The summed E-state index contributed by atoms with van der Waals surface area (Å²) in [6.45, 7) is -0.145. The Kier molecular flexibility index (Phi) is 6.20. The molecule has 0 aromatic heterocycles. The molecular formula is C4H10O2S2. The molecule has 0 bridgehead atoms. The van der Waals surface area contributed by atoms with E-state index in [-0.39, 0.29) is 6.61 Å². The highest BCUT2D eigenvalue weighted by molar-refractivity contribution is 8.68. The van der Waals surface area contributed by atoms with Crippen LogP contribution in [0, 0.1) is 0 Å². The number of hydrogen-bond donors (Lipinski definition) is 3. The summed E-state index contributed by atoms with van der Waals surface area (Å²) in [6, 6.07) is 0. The van der Waals surface area contributed by atoms with Gasteiger partial charge >= 0.3 is 0 Å². The lowest BCUT2D eigenvalue weighted by Crippen LogP contribution is -2.11. The highest BCUT2D eigenvalue weighted by Crippen LogP contribution is 2.07. The van der Waals surface area contributed by atoms with Crippen molar-refractivity contribution in [3.63, 3.8) is 0 Å². The van der Waals surface area contributed by atoms with Gasteiger partial charge in [0.05, 0.1) is 12.7 Å². The lowest BCUT2D eigenvalue weighted by molar-refractivity contribution is 0.0933. The molecule has 0 aliphatic carbocycles. The van der Waals surface area contributed by atoms with Gasteiger partial charge in [0.2, 0.25) is 0 Å². The van der Waals surface area contributed by atoms with Crippen molar-refractivity contribution in [3.05, 3.63) is 0 Å². The van der Waals surface area contributed by atoms with Crippen LogP contribution in [0.3, 0.4) is 0 Å². The number of thiol groups is 1. The third-order valence-corrected chi connectivity index (χ3v) is 1.72. The molecule has 4 heteroatoms. The Bertz CT molecular complexity index is 51.3. The molecule has 0 aliphatic rings. The van der Waals surface area contributed by atoms with Crippen LogP contribution < -0.4 is 0 Å². The Morgan fingerprint density at radius 1 is 1.62 bits per heavy atom. The maximum atomic E-state index is 8.69. The van der Waals surface area contributed by atoms with E-state index in [1.54, 1.807) is 0 Å². The van der Waals surface area contributed by atoms with Crippen LogP contribution in [-0.2, 0) is 0 Å². The standard InChI is InChI=1S/C4H10O2S2/c5-3-4(6)1-2-8-7/h4-7H,1-3H2. The van der Waals surface area contributed by atoms with Gasteiger partial charge in [0, 0.05) is 5.75 Å². The van der Waals surface area contributed by atoms with Gasteiger partial charge in [-0.1, -0.05) is 10.8 Å². The second-order valence-electron chi connectivity index (χ2n) is 1.46. The van der Waals surface area contributed by atoms with Crippen LogP contribution in [-0.4, -0.2) is 28.7 Å². The lowest BCUT2D eigenvalue weighted by atomic mass is 10.3. The Labute approximate surface area is 58.1 Å². The third-order valence-electron chi connectivity index (χ3n) is 0.753. The van der Waals surface area contributed by atoms with E-state index >= 15 is 0 Å². The van der Waals surface area contributed by atoms with Gasteiger partial charge in [-0.2, -0.15) is 0 Å². The quantitative estimate of drug-likeness (QED) is 0.403. The molecule has 2 N–H and O–H groups in total. The smallest absolute Gasteiger partial charge is 0.0779 e. The molecule has 0 spiro atoms. The maximum Gasteiger partial charge on any atom is 0.0779 e. The highest BCUT2D eigenvalue weighted by atomic mass is 33.1. The van der Waals surface area contributed by atoms with E-state index in [2.05, 4.69) is 11.7 Å². The summed E-state index contributed by atoms with van der Waals surface area (Å²) in [6.07, 6.45) is 0.0552. The first-order chi connectivity index (χ1) is 3.81. The first kappa shape index (κ1) is 8.62. The Morgan fingerprint density at radius 3 is 2.62 bits per heavy atom. The highest BCUT2D eigenvalue weighted by Gasteiger charge is 1.98. The number of aliphatic hydroxyl groups is 2. The van der Waals surface area contributed by atoms with E-state index in [9.17, 15) is 0 Å². The van der Waals surface area contributed by atoms with Gasteiger partial charge in [-0.05, 0) is 6.42 Å². The minimum absolute atomic E-state index is 0.145. The molecule has 0 amide bonds. The molecule has 0 rings (SSSR count). The van der Waals surface area contributed by atoms with Gasteiger partial charge in [0.15, 0.2) is 0 Å². The van der Waals surface area contributed by atoms with Crippen molar-refractivity contribution in [2.24, 2.45) is 0 Å². The fourth-order valence-electron chi connectivity index (χ4n) is 0.280. The molecule has 0 fully saturated rings. The predicted octanol–water partition coefficient (Wildman–Crippen LogP) is 0.308. The van der Waals surface area contributed by atoms with Crippen molar-refractivity contribution >= 4 is 22.5 Å². The van der Waals surface area contributed by atoms with Crippen LogP contribution in [0.15, 0.2) is 0 Å². The molecule has 1 atom stereocenters. The average molecular weight is 154 g/mol. The van der Waals surface area contributed by atoms with E-state index in [0.717, 1.165) is 5.75 Å². The van der Waals surface area contributed by atoms with Crippen molar-refractivity contribution in [1.29, 1.82) is 0 Å². The van der Waals surface area contributed by atoms with Crippen molar-refractivity contribution in [1.82, 2.24) is 0 Å². The maximum absolute atomic E-state index is 8.69. The first-order valence-electron chi connectivity index (χ1n) is 2.36. The molecule has 0 aromatic rings. The second kappa shape index (κ2) is 5.75. The normalized spacial score (nSPS) is 13.9. The summed E-state index contributed by atoms with van der Waals surface area (Å²) in [5.41, 5.74) is 0. The second-order valence-corrected chi connectivity index (χ2v) is 2.90. The van der Waals surface area contributed by atoms with E-state index < -0.39 is 6.10 Å². The van der Waals surface area contributed by atoms with Gasteiger partial charge in [0.1, 0.15) is 0 Å². The van der Waals surface area contributed by atoms with Crippen LogP contribution >= 0.6 is 22.5 Å². The minimum atomic E-state index is -0.561. The molecule has 0 saturated carbocycles. The molecule has 8 heavy (non-hydrogen) atoms. The van der Waals surface area contributed by atoms with Gasteiger partial charge in [-0.3, -0.25) is 0 Å². The molecule has 0 heterocycles. The molecular weight excluding hydrogens is 144 g/mol.